The van der Waals surface area contributed by atoms with Crippen molar-refractivity contribution in [3.05, 3.63) is 70.8 Å². The maximum atomic E-state index is 10.8. The molecule has 0 aliphatic rings. The van der Waals surface area contributed by atoms with E-state index in [1.54, 1.807) is 34.9 Å². The zero-order valence-electron chi connectivity index (χ0n) is 16.3. The summed E-state index contributed by atoms with van der Waals surface area (Å²) in [4.78, 5) is 4.88. The third-order valence-corrected chi connectivity index (χ3v) is 6.17. The van der Waals surface area contributed by atoms with Gasteiger partial charge in [0.1, 0.15) is 12.7 Å². The maximum absolute atomic E-state index is 10.8. The van der Waals surface area contributed by atoms with Crippen molar-refractivity contribution in [3.8, 4) is 6.07 Å². The summed E-state index contributed by atoms with van der Waals surface area (Å²) in [6.45, 7) is 4.35. The second-order valence-electron chi connectivity index (χ2n) is 7.14. The van der Waals surface area contributed by atoms with Gasteiger partial charge in [-0.2, -0.15) is 10.4 Å². The van der Waals surface area contributed by atoms with Gasteiger partial charge in [-0.25, -0.2) is 9.67 Å². The fraction of sp³-hybridized carbons (Fsp3) is 0.250. The highest BCUT2D eigenvalue weighted by molar-refractivity contribution is 7.98. The summed E-state index contributed by atoms with van der Waals surface area (Å²) in [6.07, 6.45) is 3.15. The Balaban J connectivity index is 1.82. The van der Waals surface area contributed by atoms with E-state index >= 15 is 0 Å². The van der Waals surface area contributed by atoms with Gasteiger partial charge < -0.3 is 9.27 Å². The van der Waals surface area contributed by atoms with Crippen LogP contribution in [0.2, 0.25) is 5.02 Å². The van der Waals surface area contributed by atoms with Gasteiger partial charge >= 0.3 is 0 Å². The minimum atomic E-state index is -2.42. The summed E-state index contributed by atoms with van der Waals surface area (Å²) in [6, 6.07) is 13.7. The maximum Gasteiger partial charge on any atom is 0.137 e. The van der Waals surface area contributed by atoms with Crippen LogP contribution in [-0.2, 0) is 29.0 Å². The lowest BCUT2D eigenvalue weighted by molar-refractivity contribution is 0.542. The van der Waals surface area contributed by atoms with E-state index in [1.165, 1.54) is 6.33 Å². The molecular formula is C20H19ClN5O2S2-. The average Bonchev–Trinajstić information content (AvgIpc) is 3.21. The predicted octanol–water partition coefficient (Wildman–Crippen LogP) is 4.28. The van der Waals surface area contributed by atoms with Crippen LogP contribution >= 0.6 is 23.4 Å². The number of hydrogen-bond donors (Lipinski definition) is 1. The summed E-state index contributed by atoms with van der Waals surface area (Å²) < 4.78 is 25.6. The molecule has 7 nitrogen and oxygen atoms in total. The summed E-state index contributed by atoms with van der Waals surface area (Å²) >= 11 is 5.31. The van der Waals surface area contributed by atoms with Crippen LogP contribution in [0.1, 0.15) is 30.5 Å². The molecule has 3 aromatic rings. The molecule has 10 heteroatoms. The number of benzene rings is 2. The first-order chi connectivity index (χ1) is 14.3. The van der Waals surface area contributed by atoms with E-state index in [2.05, 4.69) is 26.9 Å². The lowest BCUT2D eigenvalue weighted by Gasteiger charge is -2.19. The van der Waals surface area contributed by atoms with E-state index in [9.17, 15) is 14.0 Å². The van der Waals surface area contributed by atoms with Crippen LogP contribution in [0.5, 0.6) is 0 Å². The van der Waals surface area contributed by atoms with E-state index < -0.39 is 16.7 Å². The number of nitrogens with one attached hydrogen (secondary N) is 1. The van der Waals surface area contributed by atoms with Crippen molar-refractivity contribution in [1.29, 1.82) is 5.26 Å². The molecule has 0 radical (unpaired) electrons. The first-order valence-electron chi connectivity index (χ1n) is 8.92. The zero-order chi connectivity index (χ0) is 21.7. The highest BCUT2D eigenvalue weighted by atomic mass is 35.5. The molecule has 0 aliphatic heterocycles. The largest absolute Gasteiger partial charge is 0.755 e. The molecule has 1 heterocycles. The van der Waals surface area contributed by atoms with Gasteiger partial charge in [-0.15, -0.1) is 11.8 Å². The van der Waals surface area contributed by atoms with Crippen molar-refractivity contribution in [3.63, 3.8) is 0 Å². The van der Waals surface area contributed by atoms with E-state index in [1.807, 2.05) is 32.0 Å². The third kappa shape index (κ3) is 5.83. The third-order valence-electron chi connectivity index (χ3n) is 4.40. The molecule has 156 valence electrons. The second kappa shape index (κ2) is 9.62. The highest BCUT2D eigenvalue weighted by Crippen LogP contribution is 2.32. The Bertz CT molecular complexity index is 1100. The van der Waals surface area contributed by atoms with E-state index in [0.717, 1.165) is 21.6 Å². The Labute approximate surface area is 186 Å². The quantitative estimate of drug-likeness (QED) is 0.397. The normalized spacial score (nSPS) is 12.4. The lowest BCUT2D eigenvalue weighted by Crippen LogP contribution is -2.15. The number of aromatic nitrogens is 3. The van der Waals surface area contributed by atoms with Gasteiger partial charge in [0.2, 0.25) is 0 Å². The van der Waals surface area contributed by atoms with Gasteiger partial charge in [-0.3, -0.25) is 4.21 Å². The number of hydrogen-bond acceptors (Lipinski definition) is 6. The Kier molecular flexibility index (Phi) is 7.15. The van der Waals surface area contributed by atoms with Crippen molar-refractivity contribution < 1.29 is 8.76 Å². The molecule has 1 unspecified atom stereocenters. The molecule has 0 saturated carbocycles. The van der Waals surface area contributed by atoms with Crippen LogP contribution in [-0.4, -0.2) is 23.5 Å². The van der Waals surface area contributed by atoms with Crippen molar-refractivity contribution in [2.24, 2.45) is 0 Å². The van der Waals surface area contributed by atoms with Crippen molar-refractivity contribution in [2.45, 2.75) is 36.5 Å². The molecule has 0 amide bonds. The molecule has 30 heavy (non-hydrogen) atoms. The molecule has 3 rings (SSSR count). The molecule has 0 spiro atoms. The lowest BCUT2D eigenvalue weighted by atomic mass is 9.84. The number of halogens is 1. The van der Waals surface area contributed by atoms with E-state index in [4.69, 9.17) is 11.6 Å². The van der Waals surface area contributed by atoms with Gasteiger partial charge in [0.15, 0.2) is 0 Å². The summed E-state index contributed by atoms with van der Waals surface area (Å²) in [5.41, 5.74) is 2.75. The number of thioether (sulfide) groups is 1. The molecule has 0 bridgehead atoms. The predicted molar refractivity (Wildman–Crippen MR) is 118 cm³/mol. The summed E-state index contributed by atoms with van der Waals surface area (Å²) in [5, 5.41) is 14.1. The minimum Gasteiger partial charge on any atom is -0.755 e. The van der Waals surface area contributed by atoms with Crippen molar-refractivity contribution in [1.82, 2.24) is 14.8 Å². The van der Waals surface area contributed by atoms with Crippen LogP contribution in [0, 0.1) is 11.3 Å². The molecule has 0 saturated heterocycles. The van der Waals surface area contributed by atoms with E-state index in [-0.39, 0.29) is 0 Å². The molecule has 2 aromatic carbocycles. The SMILES string of the molecule is CC(C)(C#N)c1cc(CSc2ccc(NS(=O)[O-])c(Cl)c2)cc(Cn2cncn2)c1. The Morgan fingerprint density at radius 3 is 2.70 bits per heavy atom. The Morgan fingerprint density at radius 2 is 2.07 bits per heavy atom. The van der Waals surface area contributed by atoms with E-state index in [0.29, 0.717) is 23.0 Å². The Morgan fingerprint density at radius 1 is 1.30 bits per heavy atom. The van der Waals surface area contributed by atoms with Crippen molar-refractivity contribution in [2.75, 3.05) is 4.72 Å². The first-order valence-corrected chi connectivity index (χ1v) is 11.4. The number of rotatable bonds is 8. The molecule has 1 aromatic heterocycles. The fourth-order valence-corrected chi connectivity index (χ4v) is 4.36. The fourth-order valence-electron chi connectivity index (χ4n) is 2.79. The monoisotopic (exact) mass is 460 g/mol. The topological polar surface area (TPSA) is 107 Å². The van der Waals surface area contributed by atoms with Gasteiger partial charge in [0.05, 0.1) is 28.7 Å². The first kappa shape index (κ1) is 22.3. The number of anilines is 1. The van der Waals surface area contributed by atoms with Crippen LogP contribution in [0.4, 0.5) is 5.69 Å². The Hall–Kier alpha value is -2.38. The van der Waals surface area contributed by atoms with Gasteiger partial charge in [0.25, 0.3) is 0 Å². The number of nitriles is 1. The van der Waals surface area contributed by atoms with Crippen molar-refractivity contribution >= 4 is 40.3 Å². The second-order valence-corrected chi connectivity index (χ2v) is 9.26. The highest BCUT2D eigenvalue weighted by Gasteiger charge is 2.21. The molecule has 0 fully saturated rings. The summed E-state index contributed by atoms with van der Waals surface area (Å²) in [5.74, 6) is 0.663. The minimum absolute atomic E-state index is 0.329. The van der Waals surface area contributed by atoms with Gasteiger partial charge in [0, 0.05) is 21.9 Å². The molecular weight excluding hydrogens is 442 g/mol. The number of nitrogens with zero attached hydrogens (tertiary/aromatic N) is 4. The van der Waals surface area contributed by atoms with Crippen LogP contribution in [0.25, 0.3) is 0 Å². The molecule has 1 atom stereocenters. The van der Waals surface area contributed by atoms with Crippen LogP contribution in [0.3, 0.4) is 0 Å². The van der Waals surface area contributed by atoms with Gasteiger partial charge in [-0.1, -0.05) is 29.8 Å². The standard InChI is InChI=1S/C20H20ClN5O2S2/c1-20(2,11-22)16-6-14(9-26-13-23-12-24-26)5-15(7-16)10-29-17-3-4-19(18(21)8-17)25-30(27)28/h3-8,12-13,25H,9-10H2,1-2H3,(H,27,28)/p-1. The van der Waals surface area contributed by atoms with Crippen LogP contribution in [0.15, 0.2) is 53.9 Å². The zero-order valence-corrected chi connectivity index (χ0v) is 18.7. The average molecular weight is 461 g/mol. The summed E-state index contributed by atoms with van der Waals surface area (Å²) in [7, 11) is 0. The molecule has 1 N–H and O–H groups in total. The smallest absolute Gasteiger partial charge is 0.137 e. The van der Waals surface area contributed by atoms with Crippen LogP contribution < -0.4 is 4.72 Å². The molecule has 0 aliphatic carbocycles. The van der Waals surface area contributed by atoms with Gasteiger partial charge in [-0.05, 0) is 48.7 Å².